The first kappa shape index (κ1) is 27.7. The van der Waals surface area contributed by atoms with Crippen molar-refractivity contribution >= 4 is 52.2 Å². The van der Waals surface area contributed by atoms with E-state index < -0.39 is 22.0 Å². The Kier molecular flexibility index (Phi) is 8.52. The highest BCUT2D eigenvalue weighted by Crippen LogP contribution is 2.40. The van der Waals surface area contributed by atoms with E-state index >= 15 is 0 Å². The zero-order valence-corrected chi connectivity index (χ0v) is 22.3. The third kappa shape index (κ3) is 6.21. The Labute approximate surface area is 232 Å². The molecule has 3 aromatic rings. The molecule has 0 aliphatic carbocycles. The summed E-state index contributed by atoms with van der Waals surface area (Å²) in [6.07, 6.45) is 1.45. The molecule has 12 heteroatoms. The van der Waals surface area contributed by atoms with E-state index in [1.54, 1.807) is 37.3 Å². The minimum Gasteiger partial charge on any atom is -0.497 e. The van der Waals surface area contributed by atoms with Crippen LogP contribution >= 0.6 is 23.4 Å². The van der Waals surface area contributed by atoms with Crippen LogP contribution in [-0.4, -0.2) is 40.7 Å². The van der Waals surface area contributed by atoms with E-state index in [4.69, 9.17) is 25.8 Å². The highest BCUT2D eigenvalue weighted by molar-refractivity contribution is 8.18. The minimum absolute atomic E-state index is 0.000904. The zero-order chi connectivity index (χ0) is 28.1. The van der Waals surface area contributed by atoms with Gasteiger partial charge in [0.2, 0.25) is 0 Å². The molecule has 1 aliphatic heterocycles. The van der Waals surface area contributed by atoms with Crippen molar-refractivity contribution in [1.29, 1.82) is 0 Å². The number of nitrogens with zero attached hydrogens (tertiary/aromatic N) is 2. The summed E-state index contributed by atoms with van der Waals surface area (Å²) < 4.78 is 16.2. The average Bonchev–Trinajstić information content (AvgIpc) is 3.18. The standard InChI is InChI=1S/C27H21ClN2O8S/c1-3-37-22-13-16(12-20(28)24(22)38-26(32)17-8-10-19(36-2)11-9-17)14-23-25(31)29(27(33)39-23)15-18-6-4-5-7-21(18)30(34)35/h4-14H,3,15H2,1-2H3/b23-14-. The third-order valence-corrected chi connectivity index (χ3v) is 6.73. The summed E-state index contributed by atoms with van der Waals surface area (Å²) in [5, 5.41) is 10.8. The van der Waals surface area contributed by atoms with Crippen LogP contribution in [-0.2, 0) is 11.3 Å². The molecule has 1 heterocycles. The number of thioether (sulfide) groups is 1. The number of nitro benzene ring substituents is 1. The van der Waals surface area contributed by atoms with Crippen LogP contribution in [0.3, 0.4) is 0 Å². The number of hydrogen-bond acceptors (Lipinski definition) is 9. The van der Waals surface area contributed by atoms with E-state index in [2.05, 4.69) is 0 Å². The lowest BCUT2D eigenvalue weighted by atomic mass is 10.1. The quantitative estimate of drug-likeness (QED) is 0.0987. The average molecular weight is 569 g/mol. The first-order chi connectivity index (χ1) is 18.7. The van der Waals surface area contributed by atoms with Crippen LogP contribution in [0.1, 0.15) is 28.4 Å². The topological polar surface area (TPSA) is 125 Å². The molecule has 10 nitrogen and oxygen atoms in total. The largest absolute Gasteiger partial charge is 0.497 e. The van der Waals surface area contributed by atoms with Gasteiger partial charge in [-0.1, -0.05) is 29.8 Å². The molecule has 0 aromatic heterocycles. The van der Waals surface area contributed by atoms with Crippen molar-refractivity contribution in [2.45, 2.75) is 13.5 Å². The van der Waals surface area contributed by atoms with Crippen molar-refractivity contribution in [2.75, 3.05) is 13.7 Å². The van der Waals surface area contributed by atoms with Crippen molar-refractivity contribution in [1.82, 2.24) is 4.90 Å². The Morgan fingerprint density at radius 3 is 2.51 bits per heavy atom. The zero-order valence-electron chi connectivity index (χ0n) is 20.7. The smallest absolute Gasteiger partial charge is 0.343 e. The molecule has 4 rings (SSSR count). The van der Waals surface area contributed by atoms with Crippen molar-refractivity contribution in [3.8, 4) is 17.2 Å². The van der Waals surface area contributed by atoms with Gasteiger partial charge in [0.1, 0.15) is 5.75 Å². The van der Waals surface area contributed by atoms with Gasteiger partial charge in [-0.05, 0) is 66.7 Å². The second-order valence-electron chi connectivity index (χ2n) is 8.03. The number of esters is 1. The fraction of sp³-hybridized carbons (Fsp3) is 0.148. The van der Waals surface area contributed by atoms with Gasteiger partial charge in [0.25, 0.3) is 16.8 Å². The fourth-order valence-electron chi connectivity index (χ4n) is 3.69. The van der Waals surface area contributed by atoms with Crippen LogP contribution in [0.4, 0.5) is 10.5 Å². The number of hydrogen-bond donors (Lipinski definition) is 0. The maximum absolute atomic E-state index is 13.0. The SMILES string of the molecule is CCOc1cc(/C=C2\SC(=O)N(Cc3ccccc3[N+](=O)[O-])C2=O)cc(Cl)c1OC(=O)c1ccc(OC)cc1. The molecule has 200 valence electrons. The molecule has 1 aliphatic rings. The predicted octanol–water partition coefficient (Wildman–Crippen LogP) is 6.11. The summed E-state index contributed by atoms with van der Waals surface area (Å²) in [6.45, 7) is 1.73. The molecule has 0 bridgehead atoms. The van der Waals surface area contributed by atoms with Crippen molar-refractivity contribution in [3.05, 3.63) is 97.4 Å². The van der Waals surface area contributed by atoms with Gasteiger partial charge in [-0.3, -0.25) is 24.6 Å². The van der Waals surface area contributed by atoms with Gasteiger partial charge in [-0.15, -0.1) is 0 Å². The summed E-state index contributed by atoms with van der Waals surface area (Å²) in [5.74, 6) is -0.523. The van der Waals surface area contributed by atoms with Crippen molar-refractivity contribution in [3.63, 3.8) is 0 Å². The Morgan fingerprint density at radius 1 is 1.13 bits per heavy atom. The number of carbonyl (C=O) groups is 3. The Morgan fingerprint density at radius 2 is 1.85 bits per heavy atom. The summed E-state index contributed by atoms with van der Waals surface area (Å²) >= 11 is 7.14. The highest BCUT2D eigenvalue weighted by Gasteiger charge is 2.36. The van der Waals surface area contributed by atoms with Crippen LogP contribution in [0.15, 0.2) is 65.6 Å². The second kappa shape index (κ2) is 12.0. The van der Waals surface area contributed by atoms with E-state index in [9.17, 15) is 24.5 Å². The number of amides is 2. The van der Waals surface area contributed by atoms with Crippen LogP contribution in [0.25, 0.3) is 6.08 Å². The maximum Gasteiger partial charge on any atom is 0.343 e. The molecule has 1 saturated heterocycles. The molecule has 39 heavy (non-hydrogen) atoms. The predicted molar refractivity (Wildman–Crippen MR) is 145 cm³/mol. The highest BCUT2D eigenvalue weighted by atomic mass is 35.5. The number of nitro groups is 1. The fourth-order valence-corrected chi connectivity index (χ4v) is 4.79. The number of rotatable bonds is 9. The molecule has 0 unspecified atom stereocenters. The first-order valence-electron chi connectivity index (χ1n) is 11.5. The van der Waals surface area contributed by atoms with Gasteiger partial charge in [0, 0.05) is 11.6 Å². The monoisotopic (exact) mass is 568 g/mol. The molecule has 0 spiro atoms. The Balaban J connectivity index is 1.58. The van der Waals surface area contributed by atoms with E-state index in [1.165, 1.54) is 43.5 Å². The third-order valence-electron chi connectivity index (χ3n) is 5.54. The van der Waals surface area contributed by atoms with Gasteiger partial charge >= 0.3 is 5.97 Å². The first-order valence-corrected chi connectivity index (χ1v) is 12.7. The van der Waals surface area contributed by atoms with Gasteiger partial charge in [0.15, 0.2) is 11.5 Å². The Bertz CT molecular complexity index is 1490. The molecular weight excluding hydrogens is 548 g/mol. The van der Waals surface area contributed by atoms with Crippen LogP contribution in [0.2, 0.25) is 5.02 Å². The van der Waals surface area contributed by atoms with E-state index in [0.717, 1.165) is 4.90 Å². The number of halogens is 1. The number of methoxy groups -OCH3 is 1. The normalized spacial score (nSPS) is 14.0. The molecule has 0 atom stereocenters. The molecule has 3 aromatic carbocycles. The van der Waals surface area contributed by atoms with Gasteiger partial charge < -0.3 is 14.2 Å². The number of ether oxygens (including phenoxy) is 3. The number of para-hydroxylation sites is 1. The number of carbonyl (C=O) groups excluding carboxylic acids is 3. The van der Waals surface area contributed by atoms with E-state index in [1.807, 2.05) is 0 Å². The van der Waals surface area contributed by atoms with Crippen LogP contribution < -0.4 is 14.2 Å². The van der Waals surface area contributed by atoms with Gasteiger partial charge in [-0.25, -0.2) is 4.79 Å². The summed E-state index contributed by atoms with van der Waals surface area (Å²) in [4.78, 5) is 50.1. The summed E-state index contributed by atoms with van der Waals surface area (Å²) in [6, 6.07) is 15.2. The van der Waals surface area contributed by atoms with Crippen LogP contribution in [0.5, 0.6) is 17.2 Å². The van der Waals surface area contributed by atoms with Gasteiger partial charge in [0.05, 0.1) is 40.7 Å². The van der Waals surface area contributed by atoms with Crippen LogP contribution in [0, 0.1) is 10.1 Å². The lowest BCUT2D eigenvalue weighted by Gasteiger charge is -2.14. The molecule has 1 fully saturated rings. The van der Waals surface area contributed by atoms with Crippen molar-refractivity contribution < 1.29 is 33.5 Å². The summed E-state index contributed by atoms with van der Waals surface area (Å²) in [7, 11) is 1.51. The lowest BCUT2D eigenvalue weighted by molar-refractivity contribution is -0.385. The van der Waals surface area contributed by atoms with E-state index in [0.29, 0.717) is 23.1 Å². The minimum atomic E-state index is -0.663. The number of benzene rings is 3. The maximum atomic E-state index is 13.0. The second-order valence-corrected chi connectivity index (χ2v) is 9.44. The molecule has 0 N–H and O–H groups in total. The van der Waals surface area contributed by atoms with Gasteiger partial charge in [-0.2, -0.15) is 0 Å². The number of imide groups is 1. The van der Waals surface area contributed by atoms with Crippen molar-refractivity contribution in [2.24, 2.45) is 0 Å². The molecule has 0 radical (unpaired) electrons. The van der Waals surface area contributed by atoms with E-state index in [-0.39, 0.29) is 51.4 Å². The Hall–Kier alpha value is -4.35. The lowest BCUT2D eigenvalue weighted by Crippen LogP contribution is -2.27. The molecule has 2 amide bonds. The molecular formula is C27H21ClN2O8S. The summed E-state index contributed by atoms with van der Waals surface area (Å²) in [5.41, 5.74) is 0.735. The molecule has 0 saturated carbocycles.